The number of halogens is 1. The van der Waals surface area contributed by atoms with Crippen molar-refractivity contribution in [2.75, 3.05) is 17.2 Å². The van der Waals surface area contributed by atoms with Gasteiger partial charge in [-0.25, -0.2) is 9.18 Å². The predicted molar refractivity (Wildman–Crippen MR) is 105 cm³/mol. The van der Waals surface area contributed by atoms with Crippen LogP contribution in [0.5, 0.6) is 0 Å². The Morgan fingerprint density at radius 3 is 2.54 bits per heavy atom. The van der Waals surface area contributed by atoms with Gasteiger partial charge in [0.1, 0.15) is 5.82 Å². The summed E-state index contributed by atoms with van der Waals surface area (Å²) in [5.41, 5.74) is 0.0961. The van der Waals surface area contributed by atoms with Crippen LogP contribution in [-0.2, 0) is 10.8 Å². The molecule has 0 aliphatic rings. The molecule has 3 rings (SSSR count). The number of nitrogens with zero attached hydrogens (tertiary/aromatic N) is 1. The molecule has 28 heavy (non-hydrogen) atoms. The normalized spacial score (nSPS) is 12.1. The molecule has 0 bridgehead atoms. The second kappa shape index (κ2) is 7.93. The molecular weight excluding hydrogens is 385 g/mol. The Labute approximate surface area is 162 Å². The molecule has 8 heteroatoms. The van der Waals surface area contributed by atoms with E-state index in [2.05, 4.69) is 0 Å². The molecule has 1 unspecified atom stereocenters. The fourth-order valence-electron chi connectivity index (χ4n) is 3.00. The third-order valence-electron chi connectivity index (χ3n) is 4.27. The van der Waals surface area contributed by atoms with E-state index in [1.54, 1.807) is 36.9 Å². The van der Waals surface area contributed by atoms with Crippen LogP contribution in [0.15, 0.2) is 56.8 Å². The van der Waals surface area contributed by atoms with Crippen LogP contribution in [0, 0.1) is 5.82 Å². The molecule has 0 saturated heterocycles. The molecular formula is C20H18FNO5S. The fourth-order valence-corrected chi connectivity index (χ4v) is 3.70. The third-order valence-corrected chi connectivity index (χ3v) is 5.44. The van der Waals surface area contributed by atoms with Gasteiger partial charge in [0, 0.05) is 24.4 Å². The number of fused-ring (bicyclic) bond motifs is 1. The maximum atomic E-state index is 14.3. The number of aromatic carboxylic acids is 1. The van der Waals surface area contributed by atoms with Gasteiger partial charge in [-0.05, 0) is 25.1 Å². The number of carboxylic acid groups (broad SMARTS) is 1. The molecule has 6 nitrogen and oxygen atoms in total. The standard InChI is InChI=1S/C20H18FNO5S/c1-3-22(15-8-6-5-7-13(15)20(24)25)16-10-12(21)9-14-17(23)11-18(27-19(14)16)28(26)4-2/h5-11H,3-4H2,1-2H3,(H,24,25). The molecule has 1 atom stereocenters. The lowest BCUT2D eigenvalue weighted by atomic mass is 10.1. The van der Waals surface area contributed by atoms with Crippen molar-refractivity contribution < 1.29 is 22.9 Å². The van der Waals surface area contributed by atoms with Gasteiger partial charge in [-0.2, -0.15) is 0 Å². The first-order valence-corrected chi connectivity index (χ1v) is 9.94. The molecule has 1 N–H and O–H groups in total. The molecule has 146 valence electrons. The van der Waals surface area contributed by atoms with Crippen molar-refractivity contribution in [1.82, 2.24) is 0 Å². The maximum Gasteiger partial charge on any atom is 0.337 e. The Hall–Kier alpha value is -3.00. The van der Waals surface area contributed by atoms with Crippen LogP contribution in [0.1, 0.15) is 24.2 Å². The Kier molecular flexibility index (Phi) is 5.60. The van der Waals surface area contributed by atoms with Crippen molar-refractivity contribution in [2.45, 2.75) is 18.9 Å². The summed E-state index contributed by atoms with van der Waals surface area (Å²) < 4.78 is 32.2. The highest BCUT2D eigenvalue weighted by Gasteiger charge is 2.21. The van der Waals surface area contributed by atoms with Gasteiger partial charge in [-0.3, -0.25) is 9.00 Å². The number of hydrogen-bond acceptors (Lipinski definition) is 5. The number of anilines is 2. The first-order valence-electron chi connectivity index (χ1n) is 8.63. The van der Waals surface area contributed by atoms with Crippen molar-refractivity contribution in [3.63, 3.8) is 0 Å². The Balaban J connectivity index is 2.35. The lowest BCUT2D eigenvalue weighted by Gasteiger charge is -2.25. The van der Waals surface area contributed by atoms with Crippen molar-refractivity contribution >= 4 is 39.1 Å². The topological polar surface area (TPSA) is 87.8 Å². The average molecular weight is 403 g/mol. The summed E-state index contributed by atoms with van der Waals surface area (Å²) in [6.07, 6.45) is 0. The van der Waals surface area contributed by atoms with Crippen molar-refractivity contribution in [3.8, 4) is 0 Å². The van der Waals surface area contributed by atoms with Crippen molar-refractivity contribution in [1.29, 1.82) is 0 Å². The van der Waals surface area contributed by atoms with Crippen molar-refractivity contribution in [2.24, 2.45) is 0 Å². The fraction of sp³-hybridized carbons (Fsp3) is 0.200. The van der Waals surface area contributed by atoms with Crippen LogP contribution in [0.2, 0.25) is 0 Å². The molecule has 0 saturated carbocycles. The van der Waals surface area contributed by atoms with E-state index in [1.165, 1.54) is 12.1 Å². The predicted octanol–water partition coefficient (Wildman–Crippen LogP) is 3.92. The monoisotopic (exact) mass is 403 g/mol. The minimum Gasteiger partial charge on any atom is -0.478 e. The summed E-state index contributed by atoms with van der Waals surface area (Å²) in [5, 5.41) is 9.50. The van der Waals surface area contributed by atoms with E-state index in [4.69, 9.17) is 4.42 Å². The molecule has 1 heterocycles. The van der Waals surface area contributed by atoms with Gasteiger partial charge in [0.05, 0.1) is 33.1 Å². The number of para-hydroxylation sites is 1. The molecule has 0 fully saturated rings. The number of hydrogen-bond donors (Lipinski definition) is 1. The zero-order valence-corrected chi connectivity index (χ0v) is 16.1. The van der Waals surface area contributed by atoms with E-state index >= 15 is 0 Å². The summed E-state index contributed by atoms with van der Waals surface area (Å²) in [6, 6.07) is 9.62. The summed E-state index contributed by atoms with van der Waals surface area (Å²) in [7, 11) is -1.51. The van der Waals surface area contributed by atoms with Gasteiger partial charge < -0.3 is 14.4 Å². The summed E-state index contributed by atoms with van der Waals surface area (Å²) >= 11 is 0. The van der Waals surface area contributed by atoms with E-state index < -0.39 is 28.0 Å². The zero-order valence-electron chi connectivity index (χ0n) is 15.3. The van der Waals surface area contributed by atoms with Gasteiger partial charge in [-0.15, -0.1) is 0 Å². The number of carbonyl (C=O) groups is 1. The molecule has 3 aromatic rings. The highest BCUT2D eigenvalue weighted by atomic mass is 32.2. The number of benzene rings is 2. The highest BCUT2D eigenvalue weighted by molar-refractivity contribution is 7.84. The molecule has 1 aromatic heterocycles. The first-order chi connectivity index (χ1) is 13.4. The summed E-state index contributed by atoms with van der Waals surface area (Å²) in [6.45, 7) is 3.74. The van der Waals surface area contributed by atoms with E-state index in [0.717, 1.165) is 12.1 Å². The second-order valence-corrected chi connectivity index (χ2v) is 7.60. The van der Waals surface area contributed by atoms with Gasteiger partial charge in [0.15, 0.2) is 16.1 Å². The lowest BCUT2D eigenvalue weighted by Crippen LogP contribution is -2.20. The van der Waals surface area contributed by atoms with Crippen LogP contribution < -0.4 is 10.3 Å². The first kappa shape index (κ1) is 19.8. The molecule has 0 aliphatic heterocycles. The van der Waals surface area contributed by atoms with Crippen LogP contribution in [-0.4, -0.2) is 27.6 Å². The molecule has 0 amide bonds. The minimum atomic E-state index is -1.51. The Bertz CT molecular complexity index is 1140. The second-order valence-electron chi connectivity index (χ2n) is 5.93. The minimum absolute atomic E-state index is 0.00175. The SMILES string of the molecule is CCN(c1ccccc1C(=O)O)c1cc(F)cc2c(=O)cc(S(=O)CC)oc12. The molecule has 0 aliphatic carbocycles. The zero-order chi connectivity index (χ0) is 20.4. The average Bonchev–Trinajstić information content (AvgIpc) is 2.68. The van der Waals surface area contributed by atoms with Gasteiger partial charge in [0.2, 0.25) is 0 Å². The molecule has 2 aromatic carbocycles. The van der Waals surface area contributed by atoms with Crippen molar-refractivity contribution in [3.05, 3.63) is 64.1 Å². The molecule has 0 spiro atoms. The smallest absolute Gasteiger partial charge is 0.337 e. The van der Waals surface area contributed by atoms with Crippen LogP contribution in [0.25, 0.3) is 11.0 Å². The summed E-state index contributed by atoms with van der Waals surface area (Å²) in [5.74, 6) is -1.54. The van der Waals surface area contributed by atoms with Crippen LogP contribution >= 0.6 is 0 Å². The van der Waals surface area contributed by atoms with Crippen LogP contribution in [0.3, 0.4) is 0 Å². The summed E-state index contributed by atoms with van der Waals surface area (Å²) in [4.78, 5) is 25.7. The third kappa shape index (κ3) is 3.55. The maximum absolute atomic E-state index is 14.3. The Morgan fingerprint density at radius 1 is 1.18 bits per heavy atom. The van der Waals surface area contributed by atoms with Gasteiger partial charge in [-0.1, -0.05) is 19.1 Å². The highest BCUT2D eigenvalue weighted by Crippen LogP contribution is 2.34. The van der Waals surface area contributed by atoms with Crippen LogP contribution in [0.4, 0.5) is 15.8 Å². The van der Waals surface area contributed by atoms with Gasteiger partial charge >= 0.3 is 5.97 Å². The lowest BCUT2D eigenvalue weighted by molar-refractivity contribution is 0.0697. The van der Waals surface area contributed by atoms with E-state index in [9.17, 15) is 23.3 Å². The molecule has 0 radical (unpaired) electrons. The van der Waals surface area contributed by atoms with E-state index in [0.29, 0.717) is 5.69 Å². The number of rotatable bonds is 6. The Morgan fingerprint density at radius 2 is 1.89 bits per heavy atom. The van der Waals surface area contributed by atoms with E-state index in [1.807, 2.05) is 0 Å². The number of carboxylic acids is 1. The quantitative estimate of drug-likeness (QED) is 0.671. The van der Waals surface area contributed by atoms with E-state index in [-0.39, 0.29) is 39.6 Å². The van der Waals surface area contributed by atoms with Gasteiger partial charge in [0.25, 0.3) is 0 Å². The largest absolute Gasteiger partial charge is 0.478 e.